The highest BCUT2D eigenvalue weighted by molar-refractivity contribution is 5.68. The zero-order chi connectivity index (χ0) is 26.3. The molecule has 0 N–H and O–H groups in total. The number of piperidine rings is 1. The molecule has 1 aliphatic carbocycles. The number of fused-ring (bicyclic) bond motifs is 2. The quantitative estimate of drug-likeness (QED) is 0.475. The summed E-state index contributed by atoms with van der Waals surface area (Å²) in [7, 11) is 0. The van der Waals surface area contributed by atoms with E-state index in [1.165, 1.54) is 18.2 Å². The lowest BCUT2D eigenvalue weighted by atomic mass is 9.82. The number of rotatable bonds is 6. The minimum absolute atomic E-state index is 0.0959. The van der Waals surface area contributed by atoms with Crippen molar-refractivity contribution in [2.75, 3.05) is 13.1 Å². The molecule has 0 radical (unpaired) electrons. The summed E-state index contributed by atoms with van der Waals surface area (Å²) >= 11 is 0. The lowest BCUT2D eigenvalue weighted by Gasteiger charge is -2.38. The Bertz CT molecular complexity index is 1070. The number of hydrogen-bond donors (Lipinski definition) is 0. The van der Waals surface area contributed by atoms with Crippen molar-refractivity contribution in [1.82, 2.24) is 19.7 Å². The minimum atomic E-state index is -4.84. The average Bonchev–Trinajstić information content (AvgIpc) is 3.23. The molecule has 2 aromatic rings. The fourth-order valence-electron chi connectivity index (χ4n) is 5.04. The molecule has 1 saturated heterocycles. The average molecular weight is 511 g/mol. The summed E-state index contributed by atoms with van der Waals surface area (Å²) in [5.74, 6) is 0.958. The number of likely N-dealkylation sites (tertiary alicyclic amines) is 1. The van der Waals surface area contributed by atoms with Crippen LogP contribution in [0, 0.1) is 17.8 Å². The highest BCUT2D eigenvalue weighted by Gasteiger charge is 2.44. The minimum Gasteiger partial charge on any atom is -0.444 e. The van der Waals surface area contributed by atoms with E-state index in [9.17, 15) is 18.0 Å². The molecule has 36 heavy (non-hydrogen) atoms. The molecule has 11 heteroatoms. The van der Waals surface area contributed by atoms with Crippen LogP contribution in [0.4, 0.5) is 18.0 Å². The van der Waals surface area contributed by atoms with Crippen molar-refractivity contribution in [2.24, 2.45) is 17.8 Å². The van der Waals surface area contributed by atoms with Gasteiger partial charge in [-0.05, 0) is 77.3 Å². The molecule has 198 valence electrons. The molecule has 2 heterocycles. The van der Waals surface area contributed by atoms with Gasteiger partial charge in [0.25, 0.3) is 0 Å². The van der Waals surface area contributed by atoms with Gasteiger partial charge in [-0.3, -0.25) is 0 Å². The molecule has 1 amide bonds. The molecule has 1 unspecified atom stereocenters. The molecule has 1 aliphatic heterocycles. The van der Waals surface area contributed by atoms with Crippen molar-refractivity contribution in [1.29, 1.82) is 0 Å². The van der Waals surface area contributed by atoms with Crippen LogP contribution < -0.4 is 9.47 Å². The van der Waals surface area contributed by atoms with E-state index in [1.54, 1.807) is 15.6 Å². The van der Waals surface area contributed by atoms with Crippen molar-refractivity contribution < 1.29 is 32.2 Å². The number of alkyl halides is 3. The van der Waals surface area contributed by atoms with Gasteiger partial charge in [0, 0.05) is 19.5 Å². The Morgan fingerprint density at radius 3 is 2.25 bits per heavy atom. The van der Waals surface area contributed by atoms with Crippen molar-refractivity contribution in [2.45, 2.75) is 71.9 Å². The van der Waals surface area contributed by atoms with Gasteiger partial charge in [0.05, 0.1) is 6.04 Å². The molecule has 0 spiro atoms. The molecule has 2 fully saturated rings. The molecular weight excluding hydrogens is 477 g/mol. The van der Waals surface area contributed by atoms with E-state index in [0.717, 1.165) is 12.8 Å². The van der Waals surface area contributed by atoms with Gasteiger partial charge < -0.3 is 19.1 Å². The Labute approximate surface area is 208 Å². The SMILES string of the molecule is CC(C)n1nc(CC2[C@@H]3CC[C@H]2CN(C(=O)OC(C)(C)C)C3)nc1Oc1ccccc1OC(F)(F)F. The van der Waals surface area contributed by atoms with E-state index in [4.69, 9.17) is 9.47 Å². The number of amides is 1. The maximum atomic E-state index is 12.8. The first-order valence-electron chi connectivity index (χ1n) is 12.2. The Balaban J connectivity index is 1.49. The van der Waals surface area contributed by atoms with Gasteiger partial charge in [-0.25, -0.2) is 9.48 Å². The van der Waals surface area contributed by atoms with Crippen LogP contribution in [0.3, 0.4) is 0 Å². The predicted molar refractivity (Wildman–Crippen MR) is 125 cm³/mol. The van der Waals surface area contributed by atoms with Gasteiger partial charge in [0.1, 0.15) is 5.60 Å². The zero-order valence-electron chi connectivity index (χ0n) is 21.2. The number of carbonyl (C=O) groups excluding carboxylic acids is 1. The highest BCUT2D eigenvalue weighted by Crippen LogP contribution is 2.44. The van der Waals surface area contributed by atoms with Crippen LogP contribution in [0.1, 0.15) is 59.3 Å². The summed E-state index contributed by atoms with van der Waals surface area (Å²) in [5.41, 5.74) is -0.541. The third-order valence-corrected chi connectivity index (χ3v) is 6.51. The third-order valence-electron chi connectivity index (χ3n) is 6.51. The van der Waals surface area contributed by atoms with Gasteiger partial charge >= 0.3 is 18.5 Å². The third kappa shape index (κ3) is 6.22. The van der Waals surface area contributed by atoms with E-state index < -0.39 is 17.7 Å². The zero-order valence-corrected chi connectivity index (χ0v) is 21.2. The summed E-state index contributed by atoms with van der Waals surface area (Å²) in [6.45, 7) is 10.6. The lowest BCUT2D eigenvalue weighted by molar-refractivity contribution is -0.275. The van der Waals surface area contributed by atoms with Crippen LogP contribution in [-0.2, 0) is 11.2 Å². The molecule has 4 rings (SSSR count). The number of carbonyl (C=O) groups is 1. The molecular formula is C25H33F3N4O4. The summed E-state index contributed by atoms with van der Waals surface area (Å²) < 4.78 is 55.5. The molecule has 2 aliphatic rings. The summed E-state index contributed by atoms with van der Waals surface area (Å²) in [5, 5.41) is 4.62. The predicted octanol–water partition coefficient (Wildman–Crippen LogP) is 5.99. The highest BCUT2D eigenvalue weighted by atomic mass is 19.4. The maximum absolute atomic E-state index is 12.8. The van der Waals surface area contributed by atoms with Gasteiger partial charge in [-0.1, -0.05) is 12.1 Å². The Morgan fingerprint density at radius 2 is 1.69 bits per heavy atom. The van der Waals surface area contributed by atoms with Crippen LogP contribution in [0.5, 0.6) is 17.5 Å². The Hall–Kier alpha value is -2.98. The van der Waals surface area contributed by atoms with Gasteiger partial charge in [-0.15, -0.1) is 13.2 Å². The molecule has 1 saturated carbocycles. The molecule has 8 nitrogen and oxygen atoms in total. The first-order chi connectivity index (χ1) is 16.8. The molecule has 1 aromatic carbocycles. The molecule has 3 atom stereocenters. The monoisotopic (exact) mass is 510 g/mol. The van der Waals surface area contributed by atoms with E-state index in [1.807, 2.05) is 34.6 Å². The van der Waals surface area contributed by atoms with Crippen LogP contribution in [0.15, 0.2) is 24.3 Å². The summed E-state index contributed by atoms with van der Waals surface area (Å²) in [4.78, 5) is 18.9. The molecule has 2 bridgehead atoms. The largest absolute Gasteiger partial charge is 0.573 e. The van der Waals surface area contributed by atoms with Crippen molar-refractivity contribution >= 4 is 6.09 Å². The van der Waals surface area contributed by atoms with E-state index in [-0.39, 0.29) is 23.9 Å². The Morgan fingerprint density at radius 1 is 1.08 bits per heavy atom. The number of para-hydroxylation sites is 2. The van der Waals surface area contributed by atoms with Gasteiger partial charge in [0.15, 0.2) is 17.3 Å². The number of nitrogens with zero attached hydrogens (tertiary/aromatic N) is 4. The second-order valence-electron chi connectivity index (χ2n) is 10.8. The number of ether oxygens (including phenoxy) is 3. The Kier molecular flexibility index (Phi) is 7.12. The summed E-state index contributed by atoms with van der Waals surface area (Å²) in [6, 6.07) is 5.57. The maximum Gasteiger partial charge on any atom is 0.573 e. The molecule has 1 aromatic heterocycles. The first kappa shape index (κ1) is 26.1. The topological polar surface area (TPSA) is 78.7 Å². The smallest absolute Gasteiger partial charge is 0.444 e. The second-order valence-corrected chi connectivity index (χ2v) is 10.8. The first-order valence-corrected chi connectivity index (χ1v) is 12.2. The number of halogens is 3. The van der Waals surface area contributed by atoms with Gasteiger partial charge in [0.2, 0.25) is 0 Å². The standard InChI is InChI=1S/C25H33F3N4O4/c1-15(2)32-22(34-19-8-6-7-9-20(19)35-25(26,27)28)29-21(30-32)12-18-16-10-11-17(18)14-31(13-16)23(33)36-24(3,4)5/h6-9,15-18H,10-14H2,1-5H3/t16-,17+,18?. The number of hydrogen-bond acceptors (Lipinski definition) is 6. The van der Waals surface area contributed by atoms with Crippen molar-refractivity contribution in [3.8, 4) is 17.5 Å². The fourth-order valence-corrected chi connectivity index (χ4v) is 5.04. The van der Waals surface area contributed by atoms with Gasteiger partial charge in [-0.2, -0.15) is 10.1 Å². The van der Waals surface area contributed by atoms with Crippen LogP contribution in [-0.4, -0.2) is 50.8 Å². The van der Waals surface area contributed by atoms with E-state index in [2.05, 4.69) is 14.8 Å². The number of aromatic nitrogens is 3. The fraction of sp³-hybridized carbons (Fsp3) is 0.640. The normalized spacial score (nSPS) is 22.1. The van der Waals surface area contributed by atoms with Crippen LogP contribution in [0.25, 0.3) is 0 Å². The van der Waals surface area contributed by atoms with Crippen LogP contribution in [0.2, 0.25) is 0 Å². The van der Waals surface area contributed by atoms with E-state index >= 15 is 0 Å². The van der Waals surface area contributed by atoms with E-state index in [0.29, 0.717) is 43.1 Å². The lowest BCUT2D eigenvalue weighted by Crippen LogP contribution is -2.47. The van der Waals surface area contributed by atoms with Crippen LogP contribution >= 0.6 is 0 Å². The second kappa shape index (κ2) is 9.82. The number of benzene rings is 1. The summed E-state index contributed by atoms with van der Waals surface area (Å²) in [6.07, 6.45) is -2.48. The van der Waals surface area contributed by atoms with Crippen molar-refractivity contribution in [3.05, 3.63) is 30.1 Å². The van der Waals surface area contributed by atoms with Crippen molar-refractivity contribution in [3.63, 3.8) is 0 Å².